The van der Waals surface area contributed by atoms with Crippen molar-refractivity contribution in [2.45, 2.75) is 20.0 Å². The number of nitrogens with zero attached hydrogens (tertiary/aromatic N) is 1. The summed E-state index contributed by atoms with van der Waals surface area (Å²) in [5.41, 5.74) is 0.796. The third kappa shape index (κ3) is 3.44. The molecule has 0 unspecified atom stereocenters. The maximum absolute atomic E-state index is 13.5. The number of anilines is 1. The van der Waals surface area contributed by atoms with Crippen LogP contribution in [0.4, 0.5) is 14.6 Å². The minimum absolute atomic E-state index is 0.102. The van der Waals surface area contributed by atoms with Gasteiger partial charge in [0, 0.05) is 18.3 Å². The summed E-state index contributed by atoms with van der Waals surface area (Å²) in [4.78, 5) is 4.21. The van der Waals surface area contributed by atoms with Gasteiger partial charge < -0.3 is 10.1 Å². The summed E-state index contributed by atoms with van der Waals surface area (Å²) in [6.07, 6.45) is 2.64. The molecule has 0 aliphatic heterocycles. The van der Waals surface area contributed by atoms with Gasteiger partial charge in [-0.05, 0) is 24.6 Å². The molecule has 1 heterocycles. The molecule has 5 heteroatoms. The second-order valence-electron chi connectivity index (χ2n) is 4.28. The van der Waals surface area contributed by atoms with Crippen molar-refractivity contribution in [2.24, 2.45) is 0 Å². The molecule has 0 radical (unpaired) electrons. The van der Waals surface area contributed by atoms with E-state index in [0.29, 0.717) is 5.82 Å². The second-order valence-corrected chi connectivity index (χ2v) is 4.28. The monoisotopic (exact) mass is 278 g/mol. The number of hydrogen-bond acceptors (Lipinski definition) is 3. The first kappa shape index (κ1) is 14.2. The fourth-order valence-corrected chi connectivity index (χ4v) is 1.71. The summed E-state index contributed by atoms with van der Waals surface area (Å²) in [5, 5.41) is 3.17. The van der Waals surface area contributed by atoms with Crippen LogP contribution in [0.1, 0.15) is 18.9 Å². The van der Waals surface area contributed by atoms with Crippen molar-refractivity contribution in [1.82, 2.24) is 4.98 Å². The Balaban J connectivity index is 2.09. The number of aromatic nitrogens is 1. The van der Waals surface area contributed by atoms with Crippen molar-refractivity contribution in [3.8, 4) is 5.75 Å². The number of hydrogen-bond donors (Lipinski definition) is 1. The molecule has 20 heavy (non-hydrogen) atoms. The fourth-order valence-electron chi connectivity index (χ4n) is 1.71. The molecule has 0 atom stereocenters. The molecule has 0 spiro atoms. The molecule has 0 aliphatic carbocycles. The van der Waals surface area contributed by atoms with Gasteiger partial charge in [-0.1, -0.05) is 19.1 Å². The average molecular weight is 278 g/mol. The van der Waals surface area contributed by atoms with Crippen LogP contribution in [0.15, 0.2) is 36.5 Å². The quantitative estimate of drug-likeness (QED) is 0.873. The van der Waals surface area contributed by atoms with E-state index in [1.54, 1.807) is 12.3 Å². The smallest absolute Gasteiger partial charge is 0.200 e. The van der Waals surface area contributed by atoms with Crippen LogP contribution in [0.25, 0.3) is 0 Å². The van der Waals surface area contributed by atoms with E-state index in [1.165, 1.54) is 12.1 Å². The van der Waals surface area contributed by atoms with Crippen LogP contribution in [0.2, 0.25) is 0 Å². The third-order valence-electron chi connectivity index (χ3n) is 2.73. The Morgan fingerprint density at radius 1 is 1.20 bits per heavy atom. The van der Waals surface area contributed by atoms with E-state index in [2.05, 4.69) is 10.3 Å². The molecule has 0 aliphatic rings. The Hall–Kier alpha value is -2.17. The summed E-state index contributed by atoms with van der Waals surface area (Å²) in [5.74, 6) is -1.29. The Bertz CT molecular complexity index is 576. The van der Waals surface area contributed by atoms with Crippen molar-refractivity contribution < 1.29 is 13.5 Å². The van der Waals surface area contributed by atoms with Crippen LogP contribution in [0.5, 0.6) is 5.75 Å². The molecule has 0 bridgehead atoms. The van der Waals surface area contributed by atoms with Crippen molar-refractivity contribution in [3.05, 3.63) is 53.7 Å². The van der Waals surface area contributed by atoms with Gasteiger partial charge in [0.25, 0.3) is 0 Å². The van der Waals surface area contributed by atoms with Crippen LogP contribution in [-0.2, 0) is 6.61 Å². The van der Waals surface area contributed by atoms with Crippen LogP contribution >= 0.6 is 0 Å². The highest BCUT2D eigenvalue weighted by Crippen LogP contribution is 2.21. The summed E-state index contributed by atoms with van der Waals surface area (Å²) in [7, 11) is 0. The lowest BCUT2D eigenvalue weighted by Gasteiger charge is -2.12. The summed E-state index contributed by atoms with van der Waals surface area (Å²) in [6.45, 7) is 2.97. The average Bonchev–Trinajstić information content (AvgIpc) is 2.47. The highest BCUT2D eigenvalue weighted by Gasteiger charge is 2.10. The van der Waals surface area contributed by atoms with Crippen LogP contribution in [0, 0.1) is 11.6 Å². The summed E-state index contributed by atoms with van der Waals surface area (Å²) >= 11 is 0. The van der Waals surface area contributed by atoms with E-state index >= 15 is 0 Å². The molecular weight excluding hydrogens is 262 g/mol. The maximum atomic E-state index is 13.5. The highest BCUT2D eigenvalue weighted by atomic mass is 19.2. The molecule has 2 aromatic rings. The molecule has 1 N–H and O–H groups in total. The van der Waals surface area contributed by atoms with Crippen LogP contribution < -0.4 is 10.1 Å². The van der Waals surface area contributed by atoms with E-state index in [9.17, 15) is 8.78 Å². The maximum Gasteiger partial charge on any atom is 0.200 e. The largest absolute Gasteiger partial charge is 0.486 e. The first-order valence-corrected chi connectivity index (χ1v) is 6.47. The molecule has 1 aromatic carbocycles. The lowest BCUT2D eigenvalue weighted by molar-refractivity contribution is 0.285. The predicted molar refractivity (Wildman–Crippen MR) is 73.7 cm³/mol. The minimum atomic E-state index is -0.973. The van der Waals surface area contributed by atoms with E-state index < -0.39 is 11.6 Å². The van der Waals surface area contributed by atoms with E-state index in [0.717, 1.165) is 24.6 Å². The van der Waals surface area contributed by atoms with Gasteiger partial charge in [0.1, 0.15) is 12.4 Å². The zero-order valence-electron chi connectivity index (χ0n) is 11.2. The SMILES string of the molecule is CCCNc1ncccc1COc1cccc(F)c1F. The first-order valence-electron chi connectivity index (χ1n) is 6.47. The molecule has 3 nitrogen and oxygen atoms in total. The first-order chi connectivity index (χ1) is 9.72. The molecular formula is C15H16F2N2O. The molecule has 2 rings (SSSR count). The molecule has 106 valence electrons. The third-order valence-corrected chi connectivity index (χ3v) is 2.73. The topological polar surface area (TPSA) is 34.2 Å². The van der Waals surface area contributed by atoms with E-state index in [-0.39, 0.29) is 12.4 Å². The Morgan fingerprint density at radius 3 is 2.85 bits per heavy atom. The van der Waals surface area contributed by atoms with Crippen LogP contribution in [-0.4, -0.2) is 11.5 Å². The van der Waals surface area contributed by atoms with Crippen molar-refractivity contribution >= 4 is 5.82 Å². The number of halogens is 2. The van der Waals surface area contributed by atoms with Crippen LogP contribution in [0.3, 0.4) is 0 Å². The van der Waals surface area contributed by atoms with Crippen molar-refractivity contribution in [1.29, 1.82) is 0 Å². The zero-order valence-corrected chi connectivity index (χ0v) is 11.2. The predicted octanol–water partition coefficient (Wildman–Crippen LogP) is 3.76. The summed E-state index contributed by atoms with van der Waals surface area (Å²) < 4.78 is 31.9. The Morgan fingerprint density at radius 2 is 2.05 bits per heavy atom. The number of benzene rings is 1. The molecule has 0 saturated heterocycles. The second kappa shape index (κ2) is 6.84. The number of nitrogens with one attached hydrogen (secondary N) is 1. The van der Waals surface area contributed by atoms with Gasteiger partial charge in [-0.15, -0.1) is 0 Å². The molecule has 1 aromatic heterocycles. The number of pyridine rings is 1. The minimum Gasteiger partial charge on any atom is -0.486 e. The lowest BCUT2D eigenvalue weighted by atomic mass is 10.2. The lowest BCUT2D eigenvalue weighted by Crippen LogP contribution is -2.07. The highest BCUT2D eigenvalue weighted by molar-refractivity contribution is 5.43. The van der Waals surface area contributed by atoms with Gasteiger partial charge in [0.15, 0.2) is 11.6 Å². The van der Waals surface area contributed by atoms with Gasteiger partial charge in [-0.25, -0.2) is 9.37 Å². The number of ether oxygens (including phenoxy) is 1. The fraction of sp³-hybridized carbons (Fsp3) is 0.267. The van der Waals surface area contributed by atoms with Gasteiger partial charge in [0.05, 0.1) is 0 Å². The standard InChI is InChI=1S/C15H16F2N2O/c1-2-8-18-15-11(5-4-9-19-15)10-20-13-7-3-6-12(16)14(13)17/h3-7,9H,2,8,10H2,1H3,(H,18,19). The van der Waals surface area contributed by atoms with Gasteiger partial charge in [-0.3, -0.25) is 0 Å². The van der Waals surface area contributed by atoms with Gasteiger partial charge in [0.2, 0.25) is 5.82 Å². The molecule has 0 amide bonds. The van der Waals surface area contributed by atoms with E-state index in [4.69, 9.17) is 4.74 Å². The van der Waals surface area contributed by atoms with Gasteiger partial charge in [-0.2, -0.15) is 4.39 Å². The zero-order chi connectivity index (χ0) is 14.4. The molecule has 0 fully saturated rings. The normalized spacial score (nSPS) is 10.3. The number of rotatable bonds is 6. The van der Waals surface area contributed by atoms with Crippen molar-refractivity contribution in [3.63, 3.8) is 0 Å². The Kier molecular flexibility index (Phi) is 4.87. The van der Waals surface area contributed by atoms with E-state index in [1.807, 2.05) is 13.0 Å². The van der Waals surface area contributed by atoms with Gasteiger partial charge >= 0.3 is 0 Å². The molecule has 0 saturated carbocycles. The van der Waals surface area contributed by atoms with Crippen molar-refractivity contribution in [2.75, 3.05) is 11.9 Å². The summed E-state index contributed by atoms with van der Waals surface area (Å²) in [6, 6.07) is 7.47. The Labute approximate surface area is 116 Å².